The van der Waals surface area contributed by atoms with E-state index in [1.54, 1.807) is 6.07 Å². The molecule has 0 radical (unpaired) electrons. The first-order valence-electron chi connectivity index (χ1n) is 5.43. The maximum Gasteiger partial charge on any atom is 0.124 e. The van der Waals surface area contributed by atoms with Gasteiger partial charge in [0.25, 0.3) is 0 Å². The van der Waals surface area contributed by atoms with Crippen molar-refractivity contribution in [3.63, 3.8) is 0 Å². The number of nitrogens with zero attached hydrogens (tertiary/aromatic N) is 1. The summed E-state index contributed by atoms with van der Waals surface area (Å²) in [4.78, 5) is 2.16. The summed E-state index contributed by atoms with van der Waals surface area (Å²) in [5.74, 6) is 0.876. The van der Waals surface area contributed by atoms with Crippen LogP contribution in [0.4, 0.5) is 5.69 Å². The van der Waals surface area contributed by atoms with Crippen molar-refractivity contribution in [1.82, 2.24) is 0 Å². The van der Waals surface area contributed by atoms with Crippen molar-refractivity contribution in [3.05, 3.63) is 28.8 Å². The lowest BCUT2D eigenvalue weighted by Crippen LogP contribution is -2.24. The fraction of sp³-hybridized carbons (Fsp3) is 0.417. The molecule has 1 aromatic rings. The van der Waals surface area contributed by atoms with Crippen LogP contribution in [0.25, 0.3) is 0 Å². The summed E-state index contributed by atoms with van der Waals surface area (Å²) in [6, 6.07) is 5.52. The van der Waals surface area contributed by atoms with E-state index >= 15 is 0 Å². The van der Waals surface area contributed by atoms with Gasteiger partial charge in [0.2, 0.25) is 0 Å². The van der Waals surface area contributed by atoms with E-state index in [1.165, 1.54) is 12.8 Å². The largest absolute Gasteiger partial charge is 0.384 e. The Morgan fingerprint density at radius 1 is 1.56 bits per heavy atom. The molecule has 3 nitrogen and oxygen atoms in total. The second-order valence-electron chi connectivity index (χ2n) is 4.40. The average molecular weight is 238 g/mol. The molecule has 2 rings (SSSR count). The molecule has 0 atom stereocenters. The Morgan fingerprint density at radius 2 is 2.25 bits per heavy atom. The molecule has 4 heteroatoms. The number of nitrogens with one attached hydrogen (secondary N) is 1. The van der Waals surface area contributed by atoms with E-state index in [-0.39, 0.29) is 5.84 Å². The third kappa shape index (κ3) is 2.47. The summed E-state index contributed by atoms with van der Waals surface area (Å²) in [7, 11) is 2.04. The lowest BCUT2D eigenvalue weighted by atomic mass is 10.1. The molecule has 16 heavy (non-hydrogen) atoms. The number of rotatable bonds is 4. The summed E-state index contributed by atoms with van der Waals surface area (Å²) in [6.45, 7) is 1.03. The highest BCUT2D eigenvalue weighted by molar-refractivity contribution is 6.31. The molecule has 0 saturated heterocycles. The highest BCUT2D eigenvalue weighted by Gasteiger charge is 2.24. The number of amidine groups is 1. The van der Waals surface area contributed by atoms with Crippen LogP contribution in [0.3, 0.4) is 0 Å². The highest BCUT2D eigenvalue weighted by atomic mass is 35.5. The minimum absolute atomic E-state index is 0.0696. The average Bonchev–Trinajstić information content (AvgIpc) is 3.01. The lowest BCUT2D eigenvalue weighted by molar-refractivity contribution is 0.787. The zero-order valence-electron chi connectivity index (χ0n) is 9.33. The van der Waals surface area contributed by atoms with Crippen molar-refractivity contribution in [2.75, 3.05) is 18.5 Å². The smallest absolute Gasteiger partial charge is 0.124 e. The number of anilines is 1. The van der Waals surface area contributed by atoms with Crippen LogP contribution in [0.15, 0.2) is 18.2 Å². The van der Waals surface area contributed by atoms with E-state index in [2.05, 4.69) is 4.90 Å². The number of halogens is 1. The monoisotopic (exact) mass is 237 g/mol. The quantitative estimate of drug-likeness (QED) is 0.625. The molecule has 0 aromatic heterocycles. The van der Waals surface area contributed by atoms with Gasteiger partial charge in [-0.3, -0.25) is 5.41 Å². The molecule has 1 saturated carbocycles. The SMILES string of the molecule is CN(CC1CC1)c1ccc(Cl)cc1C(=N)N. The first-order chi connectivity index (χ1) is 7.58. The van der Waals surface area contributed by atoms with Crippen LogP contribution in [0.5, 0.6) is 0 Å². The predicted octanol–water partition coefficient (Wildman–Crippen LogP) is 2.47. The van der Waals surface area contributed by atoms with Gasteiger partial charge in [-0.1, -0.05) is 11.6 Å². The first kappa shape index (κ1) is 11.3. The van der Waals surface area contributed by atoms with Crippen molar-refractivity contribution in [3.8, 4) is 0 Å². The molecule has 0 bridgehead atoms. The summed E-state index contributed by atoms with van der Waals surface area (Å²) < 4.78 is 0. The molecule has 86 valence electrons. The van der Waals surface area contributed by atoms with Gasteiger partial charge in [0.1, 0.15) is 5.84 Å². The van der Waals surface area contributed by atoms with Crippen molar-refractivity contribution in [2.45, 2.75) is 12.8 Å². The van der Waals surface area contributed by atoms with Gasteiger partial charge in [0.15, 0.2) is 0 Å². The van der Waals surface area contributed by atoms with Crippen molar-refractivity contribution in [1.29, 1.82) is 5.41 Å². The predicted molar refractivity (Wildman–Crippen MR) is 68.5 cm³/mol. The van der Waals surface area contributed by atoms with Gasteiger partial charge in [0, 0.05) is 29.9 Å². The zero-order valence-corrected chi connectivity index (χ0v) is 10.1. The van der Waals surface area contributed by atoms with E-state index in [0.29, 0.717) is 5.02 Å². The van der Waals surface area contributed by atoms with Gasteiger partial charge in [-0.15, -0.1) is 0 Å². The minimum Gasteiger partial charge on any atom is -0.384 e. The molecule has 1 fully saturated rings. The van der Waals surface area contributed by atoms with Crippen molar-refractivity contribution in [2.24, 2.45) is 11.7 Å². The Morgan fingerprint density at radius 3 is 2.81 bits per heavy atom. The van der Waals surface area contributed by atoms with Gasteiger partial charge < -0.3 is 10.6 Å². The van der Waals surface area contributed by atoms with Crippen LogP contribution < -0.4 is 10.6 Å². The first-order valence-corrected chi connectivity index (χ1v) is 5.81. The standard InChI is InChI=1S/C12H16ClN3/c1-16(7-8-2-3-8)11-5-4-9(13)6-10(11)12(14)15/h4-6,8H,2-3,7H2,1H3,(H3,14,15). The second-order valence-corrected chi connectivity index (χ2v) is 4.84. The minimum atomic E-state index is 0.0696. The molecule has 1 aromatic carbocycles. The molecular formula is C12H16ClN3. The summed E-state index contributed by atoms with van der Waals surface area (Å²) in [5.41, 5.74) is 7.27. The molecule has 1 aliphatic rings. The van der Waals surface area contributed by atoms with Crippen LogP contribution in [0, 0.1) is 11.3 Å². The molecular weight excluding hydrogens is 222 g/mol. The molecule has 0 aliphatic heterocycles. The molecule has 0 spiro atoms. The van der Waals surface area contributed by atoms with Crippen LogP contribution in [0.1, 0.15) is 18.4 Å². The van der Waals surface area contributed by atoms with Crippen molar-refractivity contribution >= 4 is 23.1 Å². The summed E-state index contributed by atoms with van der Waals surface area (Å²) >= 11 is 5.91. The van der Waals surface area contributed by atoms with Gasteiger partial charge in [-0.2, -0.15) is 0 Å². The Balaban J connectivity index is 2.26. The number of hydrogen-bond acceptors (Lipinski definition) is 2. The molecule has 1 aliphatic carbocycles. The number of hydrogen-bond donors (Lipinski definition) is 2. The normalized spacial score (nSPS) is 14.9. The Bertz CT molecular complexity index is 413. The van der Waals surface area contributed by atoms with Gasteiger partial charge in [0.05, 0.1) is 0 Å². The van der Waals surface area contributed by atoms with Gasteiger partial charge in [-0.05, 0) is 37.0 Å². The molecule has 0 heterocycles. The highest BCUT2D eigenvalue weighted by Crippen LogP contribution is 2.32. The molecule has 0 unspecified atom stereocenters. The van der Waals surface area contributed by atoms with E-state index in [9.17, 15) is 0 Å². The molecule has 3 N–H and O–H groups in total. The number of benzene rings is 1. The Labute approximate surface area is 101 Å². The third-order valence-electron chi connectivity index (χ3n) is 2.89. The second kappa shape index (κ2) is 4.34. The van der Waals surface area contributed by atoms with E-state index in [0.717, 1.165) is 23.7 Å². The lowest BCUT2D eigenvalue weighted by Gasteiger charge is -2.22. The van der Waals surface area contributed by atoms with Gasteiger partial charge >= 0.3 is 0 Å². The van der Waals surface area contributed by atoms with Crippen molar-refractivity contribution < 1.29 is 0 Å². The summed E-state index contributed by atoms with van der Waals surface area (Å²) in [5, 5.41) is 8.18. The van der Waals surface area contributed by atoms with Gasteiger partial charge in [-0.25, -0.2) is 0 Å². The Kier molecular flexibility index (Phi) is 3.06. The van der Waals surface area contributed by atoms with E-state index < -0.39 is 0 Å². The summed E-state index contributed by atoms with van der Waals surface area (Å²) in [6.07, 6.45) is 2.63. The third-order valence-corrected chi connectivity index (χ3v) is 3.12. The van der Waals surface area contributed by atoms with E-state index in [1.807, 2.05) is 19.2 Å². The number of nitrogen functional groups attached to an aromatic ring is 1. The van der Waals surface area contributed by atoms with Crippen LogP contribution in [-0.4, -0.2) is 19.4 Å². The fourth-order valence-electron chi connectivity index (χ4n) is 1.84. The Hall–Kier alpha value is -1.22. The zero-order chi connectivity index (χ0) is 11.7. The topological polar surface area (TPSA) is 53.1 Å². The van der Waals surface area contributed by atoms with Crippen LogP contribution in [0.2, 0.25) is 5.02 Å². The maximum absolute atomic E-state index is 7.56. The number of nitrogens with two attached hydrogens (primary N) is 1. The molecule has 0 amide bonds. The van der Waals surface area contributed by atoms with Crippen LogP contribution >= 0.6 is 11.6 Å². The van der Waals surface area contributed by atoms with Crippen LogP contribution in [-0.2, 0) is 0 Å². The van der Waals surface area contributed by atoms with E-state index in [4.69, 9.17) is 22.7 Å². The fourth-order valence-corrected chi connectivity index (χ4v) is 2.02. The maximum atomic E-state index is 7.56.